The average Bonchev–Trinajstić information content (AvgIpc) is 3.29. The lowest BCUT2D eigenvalue weighted by Gasteiger charge is -2.34. The monoisotopic (exact) mass is 480 g/mol. The maximum absolute atomic E-state index is 12.8. The van der Waals surface area contributed by atoms with Gasteiger partial charge in [-0.1, -0.05) is 12.1 Å². The average molecular weight is 481 g/mol. The van der Waals surface area contributed by atoms with E-state index in [2.05, 4.69) is 37.3 Å². The van der Waals surface area contributed by atoms with Crippen LogP contribution in [0.3, 0.4) is 0 Å². The van der Waals surface area contributed by atoms with Crippen LogP contribution in [0.5, 0.6) is 0 Å². The highest BCUT2D eigenvalue weighted by Gasteiger charge is 2.28. The Hall–Kier alpha value is -3.08. The minimum Gasteiger partial charge on any atom is -0.322 e. The Morgan fingerprint density at radius 1 is 1.12 bits per heavy atom. The summed E-state index contributed by atoms with van der Waals surface area (Å²) >= 11 is 0. The molecule has 0 spiro atoms. The number of hydrogen-bond acceptors (Lipinski definition) is 7. The Balaban J connectivity index is 1.19. The van der Waals surface area contributed by atoms with Crippen molar-refractivity contribution in [1.29, 1.82) is 0 Å². The molecule has 10 heteroatoms. The maximum atomic E-state index is 12.8. The van der Waals surface area contributed by atoms with E-state index in [1.165, 1.54) is 0 Å². The van der Waals surface area contributed by atoms with Gasteiger partial charge in [0.25, 0.3) is 5.91 Å². The van der Waals surface area contributed by atoms with Crippen molar-refractivity contribution >= 4 is 21.4 Å². The van der Waals surface area contributed by atoms with Crippen molar-refractivity contribution < 1.29 is 13.2 Å². The van der Waals surface area contributed by atoms with Crippen LogP contribution in [0.1, 0.15) is 27.7 Å². The number of carbonyl (C=O) groups excluding carboxylic acids is 1. The SMILES string of the molecule is CN1CC(c2nc(-c3ccc(NC(=O)c4cccc(CN5CCS(=O)(=O)CC5)c4)cc3)n[nH]2)C1. The second-order valence-electron chi connectivity index (χ2n) is 9.12. The Morgan fingerprint density at radius 2 is 1.85 bits per heavy atom. The fourth-order valence-corrected chi connectivity index (χ4v) is 5.62. The Morgan fingerprint density at radius 3 is 2.56 bits per heavy atom. The van der Waals surface area contributed by atoms with Crippen LogP contribution >= 0.6 is 0 Å². The first-order valence-electron chi connectivity index (χ1n) is 11.4. The molecular formula is C24H28N6O3S. The molecule has 1 amide bonds. The van der Waals surface area contributed by atoms with Gasteiger partial charge in [0.05, 0.1) is 11.5 Å². The summed E-state index contributed by atoms with van der Waals surface area (Å²) in [4.78, 5) is 21.8. The molecule has 34 heavy (non-hydrogen) atoms. The summed E-state index contributed by atoms with van der Waals surface area (Å²) < 4.78 is 23.3. The molecule has 1 aromatic heterocycles. The number of benzene rings is 2. The van der Waals surface area contributed by atoms with Crippen LogP contribution in [0.15, 0.2) is 48.5 Å². The maximum Gasteiger partial charge on any atom is 0.255 e. The summed E-state index contributed by atoms with van der Waals surface area (Å²) in [5.41, 5.74) is 3.13. The zero-order valence-corrected chi connectivity index (χ0v) is 19.9. The van der Waals surface area contributed by atoms with Crippen LogP contribution in [0, 0.1) is 0 Å². The molecular weight excluding hydrogens is 452 g/mol. The summed E-state index contributed by atoms with van der Waals surface area (Å²) in [5.74, 6) is 2.16. The molecule has 0 saturated carbocycles. The first-order chi connectivity index (χ1) is 16.3. The van der Waals surface area contributed by atoms with Crippen LogP contribution in [0.4, 0.5) is 5.69 Å². The predicted octanol–water partition coefficient (Wildman–Crippen LogP) is 1.98. The molecule has 2 aromatic carbocycles. The van der Waals surface area contributed by atoms with Gasteiger partial charge in [-0.3, -0.25) is 14.8 Å². The van der Waals surface area contributed by atoms with Crippen molar-refractivity contribution in [1.82, 2.24) is 25.0 Å². The van der Waals surface area contributed by atoms with Crippen molar-refractivity contribution in [2.45, 2.75) is 12.5 Å². The molecule has 2 aliphatic heterocycles. The molecule has 2 saturated heterocycles. The van der Waals surface area contributed by atoms with Crippen LogP contribution < -0.4 is 5.32 Å². The number of nitrogens with one attached hydrogen (secondary N) is 2. The molecule has 0 unspecified atom stereocenters. The third-order valence-corrected chi connectivity index (χ3v) is 8.00. The molecule has 0 aliphatic carbocycles. The van der Waals surface area contributed by atoms with Crippen molar-refractivity contribution in [3.05, 3.63) is 65.5 Å². The van der Waals surface area contributed by atoms with Gasteiger partial charge in [0.2, 0.25) is 0 Å². The fourth-order valence-electron chi connectivity index (χ4n) is 4.34. The highest BCUT2D eigenvalue weighted by molar-refractivity contribution is 7.91. The number of aromatic amines is 1. The third-order valence-electron chi connectivity index (χ3n) is 6.39. The number of hydrogen-bond donors (Lipinski definition) is 2. The third kappa shape index (κ3) is 5.19. The van der Waals surface area contributed by atoms with Crippen LogP contribution in [0.25, 0.3) is 11.4 Å². The van der Waals surface area contributed by atoms with Crippen molar-refractivity contribution in [3.8, 4) is 11.4 Å². The Kier molecular flexibility index (Phi) is 6.20. The molecule has 3 heterocycles. The number of anilines is 1. The molecule has 178 valence electrons. The first kappa shape index (κ1) is 22.7. The molecule has 9 nitrogen and oxygen atoms in total. The molecule has 2 fully saturated rings. The number of H-pyrrole nitrogens is 1. The van der Waals surface area contributed by atoms with Gasteiger partial charge in [-0.15, -0.1) is 0 Å². The number of likely N-dealkylation sites (N-methyl/N-ethyl adjacent to an activating group) is 1. The van der Waals surface area contributed by atoms with Gasteiger partial charge in [-0.05, 0) is 49.0 Å². The van der Waals surface area contributed by atoms with E-state index in [9.17, 15) is 13.2 Å². The van der Waals surface area contributed by atoms with Gasteiger partial charge < -0.3 is 10.2 Å². The molecule has 0 bridgehead atoms. The van der Waals surface area contributed by atoms with E-state index in [-0.39, 0.29) is 17.4 Å². The van der Waals surface area contributed by atoms with E-state index in [0.717, 1.165) is 30.0 Å². The first-order valence-corrected chi connectivity index (χ1v) is 13.2. The molecule has 3 aromatic rings. The minimum atomic E-state index is -2.91. The number of rotatable bonds is 6. The highest BCUT2D eigenvalue weighted by atomic mass is 32.2. The topological polar surface area (TPSA) is 111 Å². The highest BCUT2D eigenvalue weighted by Crippen LogP contribution is 2.25. The zero-order valence-electron chi connectivity index (χ0n) is 19.1. The number of nitrogens with zero attached hydrogens (tertiary/aromatic N) is 4. The minimum absolute atomic E-state index is 0.190. The quantitative estimate of drug-likeness (QED) is 0.555. The number of carbonyl (C=O) groups is 1. The number of aromatic nitrogens is 3. The zero-order chi connectivity index (χ0) is 23.7. The lowest BCUT2D eigenvalue weighted by Crippen LogP contribution is -2.42. The van der Waals surface area contributed by atoms with Crippen LogP contribution in [-0.4, -0.2) is 84.0 Å². The van der Waals surface area contributed by atoms with E-state index in [4.69, 9.17) is 0 Å². The standard InChI is InChI=1S/C24H28N6O3S/c1-29-15-20(16-29)23-26-22(27-28-23)18-5-7-21(8-6-18)25-24(31)19-4-2-3-17(13-19)14-30-9-11-34(32,33)12-10-30/h2-8,13,20H,9-12,14-16H2,1H3,(H,25,31)(H,26,27,28). The summed E-state index contributed by atoms with van der Waals surface area (Å²) in [7, 11) is -0.822. The molecule has 2 aliphatic rings. The van der Waals surface area contributed by atoms with Crippen molar-refractivity contribution in [2.75, 3.05) is 50.0 Å². The number of amides is 1. The summed E-state index contributed by atoms with van der Waals surface area (Å²) in [6.07, 6.45) is 0. The lowest BCUT2D eigenvalue weighted by molar-refractivity contribution is 0.102. The van der Waals surface area contributed by atoms with Gasteiger partial charge in [-0.25, -0.2) is 13.4 Å². The van der Waals surface area contributed by atoms with E-state index in [0.29, 0.717) is 42.6 Å². The normalized spacial score (nSPS) is 19.0. The second-order valence-corrected chi connectivity index (χ2v) is 11.4. The molecule has 0 atom stereocenters. The van der Waals surface area contributed by atoms with Gasteiger partial charge in [0, 0.05) is 55.5 Å². The summed E-state index contributed by atoms with van der Waals surface area (Å²) in [6.45, 7) is 3.65. The van der Waals surface area contributed by atoms with E-state index >= 15 is 0 Å². The Labute approximate surface area is 199 Å². The van der Waals surface area contributed by atoms with Gasteiger partial charge in [0.15, 0.2) is 15.7 Å². The van der Waals surface area contributed by atoms with Crippen molar-refractivity contribution in [2.24, 2.45) is 0 Å². The van der Waals surface area contributed by atoms with Gasteiger partial charge in [0.1, 0.15) is 5.82 Å². The Bertz CT molecular complexity index is 1270. The smallest absolute Gasteiger partial charge is 0.255 e. The van der Waals surface area contributed by atoms with Gasteiger partial charge in [-0.2, -0.15) is 5.10 Å². The van der Waals surface area contributed by atoms with Gasteiger partial charge >= 0.3 is 0 Å². The second kappa shape index (κ2) is 9.28. The lowest BCUT2D eigenvalue weighted by atomic mass is 10.0. The van der Waals surface area contributed by atoms with E-state index in [1.807, 2.05) is 42.5 Å². The largest absolute Gasteiger partial charge is 0.322 e. The summed E-state index contributed by atoms with van der Waals surface area (Å²) in [6, 6.07) is 14.9. The number of likely N-dealkylation sites (tertiary alicyclic amines) is 1. The predicted molar refractivity (Wildman–Crippen MR) is 130 cm³/mol. The van der Waals surface area contributed by atoms with Crippen LogP contribution in [0.2, 0.25) is 0 Å². The number of sulfone groups is 1. The van der Waals surface area contributed by atoms with Crippen molar-refractivity contribution in [3.63, 3.8) is 0 Å². The fraction of sp³-hybridized carbons (Fsp3) is 0.375. The molecule has 5 rings (SSSR count). The summed E-state index contributed by atoms with van der Waals surface area (Å²) in [5, 5.41) is 10.3. The van der Waals surface area contributed by atoms with E-state index in [1.54, 1.807) is 6.07 Å². The van der Waals surface area contributed by atoms with E-state index < -0.39 is 9.84 Å². The van der Waals surface area contributed by atoms with Crippen LogP contribution in [-0.2, 0) is 16.4 Å². The molecule has 0 radical (unpaired) electrons. The molecule has 2 N–H and O–H groups in total.